The quantitative estimate of drug-likeness (QED) is 0.787. The number of fused-ring (bicyclic) bond motifs is 1. The van der Waals surface area contributed by atoms with Gasteiger partial charge in [0, 0.05) is 29.8 Å². The van der Waals surface area contributed by atoms with E-state index in [4.69, 9.17) is 9.47 Å². The maximum atomic E-state index is 10.5. The molecule has 2 aromatic heterocycles. The number of aromatic nitrogens is 2. The lowest BCUT2D eigenvalue weighted by atomic mass is 10.0. The van der Waals surface area contributed by atoms with Crippen molar-refractivity contribution in [3.8, 4) is 11.5 Å². The zero-order valence-electron chi connectivity index (χ0n) is 11.8. The van der Waals surface area contributed by atoms with Crippen LogP contribution in [0.4, 0.5) is 0 Å². The molecule has 0 radical (unpaired) electrons. The Balaban J connectivity index is 1.86. The zero-order chi connectivity index (χ0) is 14.8. The summed E-state index contributed by atoms with van der Waals surface area (Å²) in [5, 5.41) is 12.5. The van der Waals surface area contributed by atoms with Gasteiger partial charge in [-0.15, -0.1) is 11.3 Å². The number of thiazole rings is 1. The molecule has 0 aliphatic carbocycles. The number of rotatable bonds is 5. The molecule has 3 aromatic rings. The number of aliphatic hydroxyl groups is 1. The fourth-order valence-electron chi connectivity index (χ4n) is 2.28. The maximum Gasteiger partial charge on any atom is 0.193 e. The summed E-state index contributed by atoms with van der Waals surface area (Å²) >= 11 is 1.57. The minimum atomic E-state index is -0.695. The second-order valence-corrected chi connectivity index (χ2v) is 5.53. The van der Waals surface area contributed by atoms with Crippen molar-refractivity contribution in [3.05, 3.63) is 47.2 Å². The van der Waals surface area contributed by atoms with Crippen LogP contribution in [0.5, 0.6) is 11.5 Å². The maximum absolute atomic E-state index is 10.5. The smallest absolute Gasteiger partial charge is 0.193 e. The highest BCUT2D eigenvalue weighted by Crippen LogP contribution is 2.31. The molecule has 5 nitrogen and oxygen atoms in total. The van der Waals surface area contributed by atoms with Gasteiger partial charge in [-0.1, -0.05) is 0 Å². The fraction of sp³-hybridized carbons (Fsp3) is 0.267. The Morgan fingerprint density at radius 1 is 1.33 bits per heavy atom. The van der Waals surface area contributed by atoms with Crippen LogP contribution in [0.25, 0.3) is 4.96 Å². The first-order chi connectivity index (χ1) is 10.2. The van der Waals surface area contributed by atoms with E-state index in [0.717, 1.165) is 10.7 Å². The molecule has 1 unspecified atom stereocenters. The highest BCUT2D eigenvalue weighted by molar-refractivity contribution is 7.15. The van der Waals surface area contributed by atoms with Crippen molar-refractivity contribution in [2.24, 2.45) is 0 Å². The number of benzene rings is 1. The lowest BCUT2D eigenvalue weighted by Gasteiger charge is -2.15. The van der Waals surface area contributed by atoms with Gasteiger partial charge >= 0.3 is 0 Å². The van der Waals surface area contributed by atoms with Gasteiger partial charge in [-0.25, -0.2) is 4.98 Å². The van der Waals surface area contributed by atoms with Gasteiger partial charge in [0.1, 0.15) is 11.5 Å². The molecule has 110 valence electrons. The lowest BCUT2D eigenvalue weighted by Crippen LogP contribution is -2.05. The molecule has 0 spiro atoms. The molecule has 21 heavy (non-hydrogen) atoms. The highest BCUT2D eigenvalue weighted by atomic mass is 32.1. The van der Waals surface area contributed by atoms with Gasteiger partial charge in [0.15, 0.2) is 4.96 Å². The van der Waals surface area contributed by atoms with Gasteiger partial charge in [-0.3, -0.25) is 4.40 Å². The standard InChI is InChI=1S/C15H16N2O3S/c1-19-11-3-4-14(20-2)12(8-11)13(18)7-10-9-17-5-6-21-15(17)16-10/h3-6,8-9,13,18H,7H2,1-2H3. The van der Waals surface area contributed by atoms with E-state index >= 15 is 0 Å². The molecule has 0 saturated heterocycles. The molecule has 0 fully saturated rings. The molecule has 1 aromatic carbocycles. The summed E-state index contributed by atoms with van der Waals surface area (Å²) < 4.78 is 12.5. The van der Waals surface area contributed by atoms with Crippen LogP contribution in [0, 0.1) is 0 Å². The van der Waals surface area contributed by atoms with Crippen LogP contribution in [0.15, 0.2) is 36.0 Å². The first kappa shape index (κ1) is 13.9. The van der Waals surface area contributed by atoms with Crippen molar-refractivity contribution in [1.29, 1.82) is 0 Å². The summed E-state index contributed by atoms with van der Waals surface area (Å²) in [7, 11) is 3.19. The minimum Gasteiger partial charge on any atom is -0.497 e. The van der Waals surface area contributed by atoms with E-state index in [0.29, 0.717) is 23.5 Å². The van der Waals surface area contributed by atoms with Crippen LogP contribution in [0.2, 0.25) is 0 Å². The van der Waals surface area contributed by atoms with Crippen molar-refractivity contribution in [2.75, 3.05) is 14.2 Å². The number of nitrogens with zero attached hydrogens (tertiary/aromatic N) is 2. The highest BCUT2D eigenvalue weighted by Gasteiger charge is 2.17. The molecule has 1 N–H and O–H groups in total. The average molecular weight is 304 g/mol. The van der Waals surface area contributed by atoms with Crippen molar-refractivity contribution in [1.82, 2.24) is 9.38 Å². The number of hydrogen-bond donors (Lipinski definition) is 1. The Hall–Kier alpha value is -2.05. The largest absolute Gasteiger partial charge is 0.497 e. The van der Waals surface area contributed by atoms with Gasteiger partial charge in [0.05, 0.1) is 26.0 Å². The summed E-state index contributed by atoms with van der Waals surface area (Å²) in [5.41, 5.74) is 1.55. The predicted molar refractivity (Wildman–Crippen MR) is 81.3 cm³/mol. The summed E-state index contributed by atoms with van der Waals surface area (Å²) in [6, 6.07) is 5.40. The molecular weight excluding hydrogens is 288 g/mol. The van der Waals surface area contributed by atoms with Gasteiger partial charge < -0.3 is 14.6 Å². The van der Waals surface area contributed by atoms with E-state index in [9.17, 15) is 5.11 Å². The van der Waals surface area contributed by atoms with Crippen LogP contribution in [0.1, 0.15) is 17.4 Å². The summed E-state index contributed by atoms with van der Waals surface area (Å²) in [5.74, 6) is 1.33. The zero-order valence-corrected chi connectivity index (χ0v) is 12.6. The molecule has 0 aliphatic heterocycles. The monoisotopic (exact) mass is 304 g/mol. The third-order valence-corrected chi connectivity index (χ3v) is 4.11. The fourth-order valence-corrected chi connectivity index (χ4v) is 3.00. The van der Waals surface area contributed by atoms with Gasteiger partial charge in [-0.2, -0.15) is 0 Å². The van der Waals surface area contributed by atoms with Crippen molar-refractivity contribution in [3.63, 3.8) is 0 Å². The molecule has 3 rings (SSSR count). The predicted octanol–water partition coefficient (Wildman–Crippen LogP) is 2.69. The van der Waals surface area contributed by atoms with E-state index < -0.39 is 6.10 Å². The summed E-state index contributed by atoms with van der Waals surface area (Å²) in [6.07, 6.45) is 3.62. The first-order valence-corrected chi connectivity index (χ1v) is 7.40. The molecule has 0 amide bonds. The first-order valence-electron chi connectivity index (χ1n) is 6.52. The van der Waals surface area contributed by atoms with E-state index in [-0.39, 0.29) is 0 Å². The van der Waals surface area contributed by atoms with Crippen LogP contribution in [-0.2, 0) is 6.42 Å². The SMILES string of the molecule is COc1ccc(OC)c(C(O)Cc2cn3ccsc3n2)c1. The van der Waals surface area contributed by atoms with E-state index in [1.165, 1.54) is 0 Å². The lowest BCUT2D eigenvalue weighted by molar-refractivity contribution is 0.172. The normalized spacial score (nSPS) is 12.5. The summed E-state index contributed by atoms with van der Waals surface area (Å²) in [4.78, 5) is 5.41. The Morgan fingerprint density at radius 2 is 2.19 bits per heavy atom. The number of imidazole rings is 1. The van der Waals surface area contributed by atoms with Gasteiger partial charge in [0.25, 0.3) is 0 Å². The van der Waals surface area contributed by atoms with Crippen molar-refractivity contribution < 1.29 is 14.6 Å². The van der Waals surface area contributed by atoms with Crippen molar-refractivity contribution in [2.45, 2.75) is 12.5 Å². The van der Waals surface area contributed by atoms with Crippen LogP contribution in [0.3, 0.4) is 0 Å². The average Bonchev–Trinajstić information content (AvgIpc) is 3.07. The van der Waals surface area contributed by atoms with Gasteiger partial charge in [0.2, 0.25) is 0 Å². The molecule has 0 bridgehead atoms. The number of aliphatic hydroxyl groups excluding tert-OH is 1. The molecule has 0 saturated carbocycles. The molecule has 6 heteroatoms. The number of methoxy groups -OCH3 is 2. The second kappa shape index (κ2) is 5.75. The third-order valence-electron chi connectivity index (χ3n) is 3.34. The Kier molecular flexibility index (Phi) is 3.81. The van der Waals surface area contributed by atoms with Crippen LogP contribution in [-0.4, -0.2) is 28.7 Å². The van der Waals surface area contributed by atoms with Gasteiger partial charge in [-0.05, 0) is 18.2 Å². The van der Waals surface area contributed by atoms with Crippen LogP contribution < -0.4 is 9.47 Å². The second-order valence-electron chi connectivity index (χ2n) is 4.65. The molecule has 2 heterocycles. The van der Waals surface area contributed by atoms with Crippen LogP contribution >= 0.6 is 11.3 Å². The Bertz CT molecular complexity index is 722. The molecular formula is C15H16N2O3S. The van der Waals surface area contributed by atoms with E-state index in [1.54, 1.807) is 37.7 Å². The minimum absolute atomic E-state index is 0.428. The van der Waals surface area contributed by atoms with E-state index in [1.807, 2.05) is 28.2 Å². The molecule has 0 aliphatic rings. The Labute approximate surface area is 126 Å². The van der Waals surface area contributed by atoms with E-state index in [2.05, 4.69) is 4.98 Å². The topological polar surface area (TPSA) is 56.0 Å². The summed E-state index contributed by atoms with van der Waals surface area (Å²) in [6.45, 7) is 0. The van der Waals surface area contributed by atoms with Crippen molar-refractivity contribution >= 4 is 16.3 Å². The molecule has 1 atom stereocenters. The number of ether oxygens (including phenoxy) is 2. The number of hydrogen-bond acceptors (Lipinski definition) is 5. The Morgan fingerprint density at radius 3 is 2.90 bits per heavy atom. The third kappa shape index (κ3) is 2.72.